The van der Waals surface area contributed by atoms with E-state index in [1.54, 1.807) is 0 Å². The molecule has 0 radical (unpaired) electrons. The van der Waals surface area contributed by atoms with Crippen LogP contribution in [0.2, 0.25) is 0 Å². The van der Waals surface area contributed by atoms with Crippen LogP contribution in [-0.2, 0) is 4.79 Å². The summed E-state index contributed by atoms with van der Waals surface area (Å²) in [6.07, 6.45) is 11.3. The van der Waals surface area contributed by atoms with Gasteiger partial charge in [-0.15, -0.1) is 0 Å². The van der Waals surface area contributed by atoms with E-state index < -0.39 is 11.4 Å². The molecule has 186 valence electrons. The molecule has 5 aliphatic carbocycles. The van der Waals surface area contributed by atoms with Crippen molar-refractivity contribution in [1.82, 2.24) is 0 Å². The summed E-state index contributed by atoms with van der Waals surface area (Å²) in [5.41, 5.74) is 8.45. The summed E-state index contributed by atoms with van der Waals surface area (Å²) in [5, 5.41) is 10.5. The van der Waals surface area contributed by atoms with Crippen LogP contribution in [0.25, 0.3) is 0 Å². The second-order valence-corrected chi connectivity index (χ2v) is 14.6. The van der Waals surface area contributed by atoms with E-state index in [2.05, 4.69) is 48.1 Å². The van der Waals surface area contributed by atoms with Crippen molar-refractivity contribution in [2.45, 2.75) is 112 Å². The van der Waals surface area contributed by atoms with Crippen LogP contribution < -0.4 is 5.73 Å². The molecule has 3 heteroatoms. The standard InChI is InChI=1S/C30H49NO2/c1-18(2)19-10-15-30(25(32)33)17-16-28(6)20(24(19)30)8-9-22-27(5)13-12-23(31)26(3,4)21(27)11-14-29(22,28)7/h19-24H,1,8-17,31H2,2-7H3,(H,32,33)/t19?,20?,21?,22?,23?,24?,27?,28-,29?,30?/m1/s1. The Hall–Kier alpha value is -0.830. The molecule has 5 saturated carbocycles. The van der Waals surface area contributed by atoms with Gasteiger partial charge in [0.2, 0.25) is 0 Å². The van der Waals surface area contributed by atoms with E-state index in [0.29, 0.717) is 29.2 Å². The predicted molar refractivity (Wildman–Crippen MR) is 135 cm³/mol. The molecule has 0 amide bonds. The molecular weight excluding hydrogens is 406 g/mol. The van der Waals surface area contributed by atoms with Crippen molar-refractivity contribution in [1.29, 1.82) is 0 Å². The van der Waals surface area contributed by atoms with Gasteiger partial charge in [0.15, 0.2) is 0 Å². The van der Waals surface area contributed by atoms with Crippen LogP contribution in [0.1, 0.15) is 106 Å². The first-order valence-corrected chi connectivity index (χ1v) is 13.9. The van der Waals surface area contributed by atoms with Crippen LogP contribution in [0.5, 0.6) is 0 Å². The van der Waals surface area contributed by atoms with Crippen LogP contribution in [0.3, 0.4) is 0 Å². The minimum Gasteiger partial charge on any atom is -0.481 e. The van der Waals surface area contributed by atoms with Gasteiger partial charge in [-0.3, -0.25) is 4.79 Å². The fraction of sp³-hybridized carbons (Fsp3) is 0.900. The maximum absolute atomic E-state index is 12.8. The predicted octanol–water partition coefficient (Wildman–Crippen LogP) is 7.06. The maximum atomic E-state index is 12.8. The topological polar surface area (TPSA) is 63.3 Å². The second kappa shape index (κ2) is 7.11. The van der Waals surface area contributed by atoms with Crippen molar-refractivity contribution in [3.8, 4) is 0 Å². The van der Waals surface area contributed by atoms with Crippen molar-refractivity contribution >= 4 is 5.97 Å². The molecule has 0 saturated heterocycles. The zero-order valence-corrected chi connectivity index (χ0v) is 22.2. The fourth-order valence-electron chi connectivity index (χ4n) is 11.5. The number of allylic oxidation sites excluding steroid dienone is 1. The first kappa shape index (κ1) is 23.9. The number of rotatable bonds is 2. The van der Waals surface area contributed by atoms with Gasteiger partial charge in [0, 0.05) is 6.04 Å². The average Bonchev–Trinajstić information content (AvgIpc) is 3.13. The van der Waals surface area contributed by atoms with Gasteiger partial charge in [-0.25, -0.2) is 0 Å². The smallest absolute Gasteiger partial charge is 0.309 e. The van der Waals surface area contributed by atoms with Crippen molar-refractivity contribution in [2.24, 2.45) is 62.4 Å². The molecule has 0 aliphatic heterocycles. The van der Waals surface area contributed by atoms with Gasteiger partial charge in [0.1, 0.15) is 0 Å². The first-order valence-electron chi connectivity index (χ1n) is 13.9. The number of hydrogen-bond donors (Lipinski definition) is 2. The first-order chi connectivity index (χ1) is 15.3. The Balaban J connectivity index is 1.57. The lowest BCUT2D eigenvalue weighted by Crippen LogP contribution is -2.67. The molecule has 0 aromatic rings. The van der Waals surface area contributed by atoms with Crippen LogP contribution in [0.4, 0.5) is 0 Å². The lowest BCUT2D eigenvalue weighted by molar-refractivity contribution is -0.239. The van der Waals surface area contributed by atoms with Gasteiger partial charge in [-0.2, -0.15) is 0 Å². The Bertz CT molecular complexity index is 863. The summed E-state index contributed by atoms with van der Waals surface area (Å²) in [6, 6.07) is 0.313. The quantitative estimate of drug-likeness (QED) is 0.438. The van der Waals surface area contributed by atoms with Crippen molar-refractivity contribution in [2.75, 3.05) is 0 Å². The van der Waals surface area contributed by atoms with E-state index in [4.69, 9.17) is 5.73 Å². The van der Waals surface area contributed by atoms with Gasteiger partial charge in [-0.1, -0.05) is 46.8 Å². The number of hydrogen-bond acceptors (Lipinski definition) is 2. The molecular formula is C30H49NO2. The molecule has 5 fully saturated rings. The number of aliphatic carboxylic acids is 1. The lowest BCUT2D eigenvalue weighted by Gasteiger charge is -2.72. The molecule has 9 unspecified atom stereocenters. The third-order valence-electron chi connectivity index (χ3n) is 13.6. The molecule has 3 nitrogen and oxygen atoms in total. The minimum atomic E-state index is -0.524. The molecule has 0 heterocycles. The molecule has 5 rings (SSSR count). The van der Waals surface area contributed by atoms with Gasteiger partial charge >= 0.3 is 5.97 Å². The van der Waals surface area contributed by atoms with Crippen LogP contribution in [0, 0.1) is 56.7 Å². The summed E-state index contributed by atoms with van der Waals surface area (Å²) in [4.78, 5) is 12.8. The number of carboxylic acid groups (broad SMARTS) is 1. The number of carbonyl (C=O) groups is 1. The number of nitrogens with two attached hydrogens (primary N) is 1. The molecule has 5 aliphatic rings. The third kappa shape index (κ3) is 2.75. The molecule has 0 bridgehead atoms. The Morgan fingerprint density at radius 3 is 2.18 bits per heavy atom. The minimum absolute atomic E-state index is 0.202. The number of carboxylic acids is 1. The van der Waals surface area contributed by atoms with Gasteiger partial charge in [0.25, 0.3) is 0 Å². The van der Waals surface area contributed by atoms with Crippen molar-refractivity contribution in [3.05, 3.63) is 12.2 Å². The molecule has 3 N–H and O–H groups in total. The van der Waals surface area contributed by atoms with E-state index in [1.807, 2.05) is 0 Å². The summed E-state index contributed by atoms with van der Waals surface area (Å²) < 4.78 is 0. The highest BCUT2D eigenvalue weighted by atomic mass is 16.4. The maximum Gasteiger partial charge on any atom is 0.309 e. The summed E-state index contributed by atoms with van der Waals surface area (Å²) in [6.45, 7) is 19.2. The van der Waals surface area contributed by atoms with Crippen molar-refractivity contribution < 1.29 is 9.90 Å². The van der Waals surface area contributed by atoms with Crippen LogP contribution in [0.15, 0.2) is 12.2 Å². The Kier molecular flexibility index (Phi) is 5.15. The Morgan fingerprint density at radius 2 is 1.55 bits per heavy atom. The third-order valence-corrected chi connectivity index (χ3v) is 13.6. The molecule has 0 aromatic carbocycles. The fourth-order valence-corrected chi connectivity index (χ4v) is 11.5. The highest BCUT2D eigenvalue weighted by molar-refractivity contribution is 5.76. The Morgan fingerprint density at radius 1 is 0.848 bits per heavy atom. The van der Waals surface area contributed by atoms with E-state index >= 15 is 0 Å². The lowest BCUT2D eigenvalue weighted by atomic mass is 9.32. The monoisotopic (exact) mass is 455 g/mol. The Labute approximate surface area is 202 Å². The normalized spacial score (nSPS) is 55.0. The van der Waals surface area contributed by atoms with Crippen LogP contribution in [-0.4, -0.2) is 17.1 Å². The SMILES string of the molecule is C=C(C)C1CCC2(C(=O)O)CC[C@]3(C)C(CCC4C5(C)CCC(N)C(C)(C)C5CCC43C)C12. The molecule has 10 atom stereocenters. The van der Waals surface area contributed by atoms with E-state index in [0.717, 1.165) is 38.0 Å². The van der Waals surface area contributed by atoms with Gasteiger partial charge in [0.05, 0.1) is 5.41 Å². The zero-order valence-electron chi connectivity index (χ0n) is 22.2. The van der Waals surface area contributed by atoms with E-state index in [-0.39, 0.29) is 22.2 Å². The largest absolute Gasteiger partial charge is 0.481 e. The zero-order chi connectivity index (χ0) is 24.2. The molecule has 0 spiro atoms. The molecule has 33 heavy (non-hydrogen) atoms. The van der Waals surface area contributed by atoms with E-state index in [9.17, 15) is 9.90 Å². The van der Waals surface area contributed by atoms with Gasteiger partial charge in [-0.05, 0) is 122 Å². The van der Waals surface area contributed by atoms with Gasteiger partial charge < -0.3 is 10.8 Å². The highest BCUT2D eigenvalue weighted by Gasteiger charge is 2.71. The molecule has 0 aromatic heterocycles. The van der Waals surface area contributed by atoms with E-state index in [1.165, 1.54) is 37.7 Å². The average molecular weight is 456 g/mol. The van der Waals surface area contributed by atoms with Crippen molar-refractivity contribution in [3.63, 3.8) is 0 Å². The highest BCUT2D eigenvalue weighted by Crippen LogP contribution is 2.77. The summed E-state index contributed by atoms with van der Waals surface area (Å²) in [5.74, 6) is 2.05. The van der Waals surface area contributed by atoms with Crippen LogP contribution >= 0.6 is 0 Å². The summed E-state index contributed by atoms with van der Waals surface area (Å²) in [7, 11) is 0. The second-order valence-electron chi connectivity index (χ2n) is 14.6. The summed E-state index contributed by atoms with van der Waals surface area (Å²) >= 11 is 0. The number of fused-ring (bicyclic) bond motifs is 7.